The zero-order valence-electron chi connectivity index (χ0n) is 17.4. The molecule has 1 aliphatic heterocycles. The third-order valence-corrected chi connectivity index (χ3v) is 8.26. The van der Waals surface area contributed by atoms with E-state index >= 15 is 0 Å². The van der Waals surface area contributed by atoms with E-state index in [9.17, 15) is 18.0 Å². The summed E-state index contributed by atoms with van der Waals surface area (Å²) in [5.74, 6) is -0.397. The van der Waals surface area contributed by atoms with E-state index in [1.54, 1.807) is 12.1 Å². The van der Waals surface area contributed by atoms with Gasteiger partial charge < -0.3 is 4.74 Å². The Balaban J connectivity index is 1.56. The molecule has 2 atom stereocenters. The number of likely N-dealkylation sites (tertiary alicyclic amines) is 1. The summed E-state index contributed by atoms with van der Waals surface area (Å²) in [6.07, 6.45) is 8.33. The van der Waals surface area contributed by atoms with Crippen molar-refractivity contribution in [2.75, 3.05) is 7.11 Å². The molecule has 7 nitrogen and oxygen atoms in total. The summed E-state index contributed by atoms with van der Waals surface area (Å²) in [7, 11) is -2.33. The van der Waals surface area contributed by atoms with E-state index in [1.807, 2.05) is 0 Å². The molecule has 0 radical (unpaired) electrons. The highest BCUT2D eigenvalue weighted by Crippen LogP contribution is 2.39. The predicted molar refractivity (Wildman–Crippen MR) is 111 cm³/mol. The first-order valence-electron chi connectivity index (χ1n) is 10.9. The molecule has 3 fully saturated rings. The van der Waals surface area contributed by atoms with Crippen LogP contribution < -0.4 is 9.46 Å². The van der Waals surface area contributed by atoms with Crippen molar-refractivity contribution in [1.29, 1.82) is 0 Å². The maximum absolute atomic E-state index is 13.1. The topological polar surface area (TPSA) is 92.8 Å². The smallest absolute Gasteiger partial charge is 0.244 e. The number of methoxy groups -OCH3 is 1. The Labute approximate surface area is 178 Å². The molecule has 1 aromatic carbocycles. The van der Waals surface area contributed by atoms with E-state index in [1.165, 1.54) is 18.1 Å². The molecule has 30 heavy (non-hydrogen) atoms. The van der Waals surface area contributed by atoms with E-state index in [2.05, 4.69) is 4.72 Å². The quantitative estimate of drug-likeness (QED) is 0.695. The van der Waals surface area contributed by atoms with Crippen molar-refractivity contribution in [2.24, 2.45) is 11.8 Å². The number of sulfonamides is 1. The van der Waals surface area contributed by atoms with E-state index < -0.39 is 10.0 Å². The highest BCUT2D eigenvalue weighted by molar-refractivity contribution is 7.89. The Bertz CT molecular complexity index is 899. The lowest BCUT2D eigenvalue weighted by Gasteiger charge is -2.23. The van der Waals surface area contributed by atoms with Gasteiger partial charge in [0.1, 0.15) is 10.6 Å². The molecule has 1 N–H and O–H groups in total. The first-order chi connectivity index (χ1) is 14.4. The third kappa shape index (κ3) is 4.12. The fourth-order valence-electron chi connectivity index (χ4n) is 5.10. The molecule has 0 spiro atoms. The van der Waals surface area contributed by atoms with Gasteiger partial charge in [0.25, 0.3) is 0 Å². The third-order valence-electron chi connectivity index (χ3n) is 6.72. The Kier molecular flexibility index (Phi) is 6.16. The molecule has 0 aromatic heterocycles. The standard InChI is InChI=1S/C22H30N2O5S/c1-29-19-12-11-15(13-20(19)30(27,28)23-16-7-3-2-4-8-16)14-24-21(25)17-9-5-6-10-18(17)22(24)26/h11-13,16-18,23H,2-10,14H2,1H3/t17-,18-/m0/s1. The largest absolute Gasteiger partial charge is 0.495 e. The molecular formula is C22H30N2O5S. The second-order valence-electron chi connectivity index (χ2n) is 8.70. The van der Waals surface area contributed by atoms with Crippen LogP contribution in [0.15, 0.2) is 23.1 Å². The lowest BCUT2D eigenvalue weighted by atomic mass is 9.81. The van der Waals surface area contributed by atoms with Crippen LogP contribution in [0.5, 0.6) is 5.75 Å². The van der Waals surface area contributed by atoms with Crippen LogP contribution in [0.25, 0.3) is 0 Å². The van der Waals surface area contributed by atoms with Crippen LogP contribution >= 0.6 is 0 Å². The van der Waals surface area contributed by atoms with Gasteiger partial charge in [0.2, 0.25) is 21.8 Å². The molecule has 2 amide bonds. The fourth-order valence-corrected chi connectivity index (χ4v) is 6.63. The molecule has 1 heterocycles. The van der Waals surface area contributed by atoms with Crippen LogP contribution in [-0.2, 0) is 26.2 Å². The Morgan fingerprint density at radius 1 is 0.967 bits per heavy atom. The first kappa shape index (κ1) is 21.3. The number of carbonyl (C=O) groups excluding carboxylic acids is 2. The monoisotopic (exact) mass is 434 g/mol. The summed E-state index contributed by atoms with van der Waals surface area (Å²) < 4.78 is 34.2. The van der Waals surface area contributed by atoms with E-state index in [0.717, 1.165) is 57.8 Å². The summed E-state index contributed by atoms with van der Waals surface area (Å²) in [6.45, 7) is 0.0978. The van der Waals surface area contributed by atoms with Crippen molar-refractivity contribution >= 4 is 21.8 Å². The molecule has 1 aromatic rings. The number of hydrogen-bond acceptors (Lipinski definition) is 5. The van der Waals surface area contributed by atoms with Gasteiger partial charge >= 0.3 is 0 Å². The lowest BCUT2D eigenvalue weighted by Crippen LogP contribution is -2.36. The zero-order valence-corrected chi connectivity index (χ0v) is 18.2. The van der Waals surface area contributed by atoms with Gasteiger partial charge in [0.15, 0.2) is 0 Å². The normalized spacial score (nSPS) is 25.4. The molecule has 2 saturated carbocycles. The average Bonchev–Trinajstić information content (AvgIpc) is 2.99. The number of carbonyl (C=O) groups is 2. The second-order valence-corrected chi connectivity index (χ2v) is 10.4. The highest BCUT2D eigenvalue weighted by Gasteiger charge is 2.47. The number of rotatable bonds is 6. The second kappa shape index (κ2) is 8.67. The number of ether oxygens (including phenoxy) is 1. The molecule has 164 valence electrons. The van der Waals surface area contributed by atoms with Gasteiger partial charge in [0, 0.05) is 6.04 Å². The van der Waals surface area contributed by atoms with Gasteiger partial charge in [-0.3, -0.25) is 14.5 Å². The zero-order chi connectivity index (χ0) is 21.3. The summed E-state index contributed by atoms with van der Waals surface area (Å²) in [5.41, 5.74) is 0.611. The average molecular weight is 435 g/mol. The Morgan fingerprint density at radius 3 is 2.17 bits per heavy atom. The summed E-state index contributed by atoms with van der Waals surface area (Å²) in [5, 5.41) is 0. The maximum Gasteiger partial charge on any atom is 0.244 e. The molecule has 1 saturated heterocycles. The SMILES string of the molecule is COc1ccc(CN2C(=O)[C@H]3CCCC[C@@H]3C2=O)cc1S(=O)(=O)NC1CCCCC1. The molecule has 8 heteroatoms. The van der Waals surface area contributed by atoms with Crippen LogP contribution in [0.4, 0.5) is 0 Å². The van der Waals surface area contributed by atoms with Crippen LogP contribution in [0.3, 0.4) is 0 Å². The van der Waals surface area contributed by atoms with Crippen LogP contribution in [0.1, 0.15) is 63.4 Å². The number of fused-ring (bicyclic) bond motifs is 1. The van der Waals surface area contributed by atoms with Crippen LogP contribution in [-0.4, -0.2) is 38.3 Å². The van der Waals surface area contributed by atoms with Crippen molar-refractivity contribution in [3.8, 4) is 5.75 Å². The van der Waals surface area contributed by atoms with Gasteiger partial charge in [-0.15, -0.1) is 0 Å². The Morgan fingerprint density at radius 2 is 1.57 bits per heavy atom. The Hall–Kier alpha value is -1.93. The van der Waals surface area contributed by atoms with Crippen molar-refractivity contribution in [3.05, 3.63) is 23.8 Å². The number of amides is 2. The van der Waals surface area contributed by atoms with E-state index in [4.69, 9.17) is 4.74 Å². The van der Waals surface area contributed by atoms with Crippen LogP contribution in [0.2, 0.25) is 0 Å². The maximum atomic E-state index is 13.1. The summed E-state index contributed by atoms with van der Waals surface area (Å²) in [6, 6.07) is 4.79. The van der Waals surface area contributed by atoms with Crippen molar-refractivity contribution < 1.29 is 22.7 Å². The van der Waals surface area contributed by atoms with Gasteiger partial charge in [-0.25, -0.2) is 13.1 Å². The van der Waals surface area contributed by atoms with Gasteiger partial charge in [-0.2, -0.15) is 0 Å². The first-order valence-corrected chi connectivity index (χ1v) is 12.4. The van der Waals surface area contributed by atoms with E-state index in [-0.39, 0.29) is 46.9 Å². The summed E-state index contributed by atoms with van der Waals surface area (Å²) in [4.78, 5) is 26.9. The minimum Gasteiger partial charge on any atom is -0.495 e. The minimum atomic E-state index is -3.77. The number of nitrogens with one attached hydrogen (secondary N) is 1. The number of hydrogen-bond donors (Lipinski definition) is 1. The predicted octanol–water partition coefficient (Wildman–Crippen LogP) is 2.98. The highest BCUT2D eigenvalue weighted by atomic mass is 32.2. The van der Waals surface area contributed by atoms with Crippen molar-refractivity contribution in [1.82, 2.24) is 9.62 Å². The van der Waals surface area contributed by atoms with Gasteiger partial charge in [0.05, 0.1) is 25.5 Å². The van der Waals surface area contributed by atoms with Crippen LogP contribution in [0, 0.1) is 11.8 Å². The molecule has 0 unspecified atom stereocenters. The molecule has 3 aliphatic rings. The number of nitrogens with zero attached hydrogens (tertiary/aromatic N) is 1. The van der Waals surface area contributed by atoms with E-state index in [0.29, 0.717) is 5.56 Å². The molecule has 4 rings (SSSR count). The van der Waals surface area contributed by atoms with Gasteiger partial charge in [-0.05, 0) is 43.4 Å². The summed E-state index contributed by atoms with van der Waals surface area (Å²) >= 11 is 0. The minimum absolute atomic E-state index is 0.0598. The fraction of sp³-hybridized carbons (Fsp3) is 0.636. The van der Waals surface area contributed by atoms with Gasteiger partial charge in [-0.1, -0.05) is 38.2 Å². The lowest BCUT2D eigenvalue weighted by molar-refractivity contribution is -0.140. The number of imide groups is 1. The van der Waals surface area contributed by atoms with Crippen molar-refractivity contribution in [3.63, 3.8) is 0 Å². The number of benzene rings is 1. The molecule has 2 aliphatic carbocycles. The molecular weight excluding hydrogens is 404 g/mol. The van der Waals surface area contributed by atoms with Crippen molar-refractivity contribution in [2.45, 2.75) is 75.3 Å². The molecule has 0 bridgehead atoms.